The standard InChI is InChI=1S/C12H22N2O/c1-5-11(13-4)12(3,6-2)14-7-9-15-10-8-14/h1,11,13H,6-10H2,2-4H3. The number of hydrogen-bond acceptors (Lipinski definition) is 3. The molecule has 0 aromatic rings. The molecule has 86 valence electrons. The maximum Gasteiger partial charge on any atom is 0.0868 e. The second-order valence-electron chi connectivity index (χ2n) is 4.20. The fourth-order valence-electron chi connectivity index (χ4n) is 2.26. The Balaban J connectivity index is 2.77. The van der Waals surface area contributed by atoms with Crippen molar-refractivity contribution < 1.29 is 4.74 Å². The van der Waals surface area contributed by atoms with Crippen LogP contribution in [0, 0.1) is 12.3 Å². The Morgan fingerprint density at radius 2 is 2.13 bits per heavy atom. The van der Waals surface area contributed by atoms with E-state index in [4.69, 9.17) is 11.2 Å². The summed E-state index contributed by atoms with van der Waals surface area (Å²) in [6.45, 7) is 8.01. The molecular weight excluding hydrogens is 188 g/mol. The van der Waals surface area contributed by atoms with Gasteiger partial charge in [-0.2, -0.15) is 0 Å². The molecular formula is C12H22N2O. The van der Waals surface area contributed by atoms with Crippen LogP contribution in [-0.4, -0.2) is 49.8 Å². The quantitative estimate of drug-likeness (QED) is 0.692. The van der Waals surface area contributed by atoms with E-state index in [9.17, 15) is 0 Å². The number of nitrogens with one attached hydrogen (secondary N) is 1. The minimum atomic E-state index is 0.0350. The molecule has 2 unspecified atom stereocenters. The molecule has 0 radical (unpaired) electrons. The van der Waals surface area contributed by atoms with Gasteiger partial charge < -0.3 is 10.1 Å². The highest BCUT2D eigenvalue weighted by atomic mass is 16.5. The van der Waals surface area contributed by atoms with Crippen LogP contribution in [0.4, 0.5) is 0 Å². The molecule has 0 saturated carbocycles. The number of rotatable bonds is 4. The van der Waals surface area contributed by atoms with Crippen LogP contribution < -0.4 is 5.32 Å². The van der Waals surface area contributed by atoms with Crippen LogP contribution in [0.15, 0.2) is 0 Å². The molecule has 3 nitrogen and oxygen atoms in total. The van der Waals surface area contributed by atoms with Crippen molar-refractivity contribution in [3.8, 4) is 12.3 Å². The van der Waals surface area contributed by atoms with Gasteiger partial charge in [0.05, 0.1) is 19.3 Å². The van der Waals surface area contributed by atoms with Crippen molar-refractivity contribution in [2.45, 2.75) is 31.8 Å². The van der Waals surface area contributed by atoms with Gasteiger partial charge in [0.2, 0.25) is 0 Å². The van der Waals surface area contributed by atoms with E-state index < -0.39 is 0 Å². The van der Waals surface area contributed by atoms with Crippen molar-refractivity contribution >= 4 is 0 Å². The first-order valence-corrected chi connectivity index (χ1v) is 5.65. The zero-order valence-electron chi connectivity index (χ0n) is 10.0. The van der Waals surface area contributed by atoms with Gasteiger partial charge in [-0.05, 0) is 20.4 Å². The molecule has 0 aromatic carbocycles. The molecule has 0 bridgehead atoms. The first-order valence-electron chi connectivity index (χ1n) is 5.65. The molecule has 15 heavy (non-hydrogen) atoms. The van der Waals surface area contributed by atoms with Crippen molar-refractivity contribution in [2.75, 3.05) is 33.4 Å². The van der Waals surface area contributed by atoms with Gasteiger partial charge >= 0.3 is 0 Å². The van der Waals surface area contributed by atoms with Gasteiger partial charge in [-0.15, -0.1) is 6.42 Å². The maximum absolute atomic E-state index is 5.58. The lowest BCUT2D eigenvalue weighted by molar-refractivity contribution is -0.0243. The summed E-state index contributed by atoms with van der Waals surface area (Å²) in [4.78, 5) is 2.44. The molecule has 1 N–H and O–H groups in total. The number of morpholine rings is 1. The lowest BCUT2D eigenvalue weighted by Gasteiger charge is -2.46. The van der Waals surface area contributed by atoms with Gasteiger partial charge in [0, 0.05) is 18.6 Å². The predicted octanol–water partition coefficient (Wildman–Crippen LogP) is 0.708. The Labute approximate surface area is 93.2 Å². The summed E-state index contributed by atoms with van der Waals surface area (Å²) in [5.41, 5.74) is 0.0350. The SMILES string of the molecule is C#CC(NC)C(C)(CC)N1CCOCC1. The third-order valence-electron chi connectivity index (χ3n) is 3.53. The minimum absolute atomic E-state index is 0.0350. The first kappa shape index (κ1) is 12.5. The van der Waals surface area contributed by atoms with Crippen molar-refractivity contribution in [2.24, 2.45) is 0 Å². The Bertz CT molecular complexity index is 230. The van der Waals surface area contributed by atoms with E-state index in [-0.39, 0.29) is 11.6 Å². The average Bonchev–Trinajstić information content (AvgIpc) is 2.31. The fourth-order valence-corrected chi connectivity index (χ4v) is 2.26. The molecule has 1 rings (SSSR count). The molecule has 1 saturated heterocycles. The van der Waals surface area contributed by atoms with Crippen molar-refractivity contribution in [3.63, 3.8) is 0 Å². The molecule has 0 aliphatic carbocycles. The van der Waals surface area contributed by atoms with E-state index in [1.807, 2.05) is 7.05 Å². The van der Waals surface area contributed by atoms with Crippen molar-refractivity contribution in [3.05, 3.63) is 0 Å². The maximum atomic E-state index is 5.58. The zero-order chi connectivity index (χ0) is 11.3. The highest BCUT2D eigenvalue weighted by Crippen LogP contribution is 2.24. The summed E-state index contributed by atoms with van der Waals surface area (Å²) in [5, 5.41) is 3.22. The van der Waals surface area contributed by atoms with Crippen LogP contribution in [0.25, 0.3) is 0 Å². The van der Waals surface area contributed by atoms with Crippen LogP contribution in [0.5, 0.6) is 0 Å². The molecule has 1 heterocycles. The average molecular weight is 210 g/mol. The van der Waals surface area contributed by atoms with Crippen LogP contribution >= 0.6 is 0 Å². The third-order valence-corrected chi connectivity index (χ3v) is 3.53. The second-order valence-corrected chi connectivity index (χ2v) is 4.20. The number of nitrogens with zero attached hydrogens (tertiary/aromatic N) is 1. The molecule has 0 aromatic heterocycles. The van der Waals surface area contributed by atoms with Gasteiger partial charge in [0.25, 0.3) is 0 Å². The lowest BCUT2D eigenvalue weighted by atomic mass is 9.87. The molecule has 1 aliphatic heterocycles. The summed E-state index contributed by atoms with van der Waals surface area (Å²) >= 11 is 0. The number of hydrogen-bond donors (Lipinski definition) is 1. The topological polar surface area (TPSA) is 24.5 Å². The van der Waals surface area contributed by atoms with Gasteiger partial charge in [0.15, 0.2) is 0 Å². The third kappa shape index (κ3) is 2.52. The van der Waals surface area contributed by atoms with Crippen LogP contribution in [0.2, 0.25) is 0 Å². The first-order chi connectivity index (χ1) is 7.19. The Morgan fingerprint density at radius 1 is 1.53 bits per heavy atom. The van der Waals surface area contributed by atoms with Crippen LogP contribution in [0.3, 0.4) is 0 Å². The van der Waals surface area contributed by atoms with E-state index in [1.165, 1.54) is 0 Å². The van der Waals surface area contributed by atoms with E-state index in [2.05, 4.69) is 30.0 Å². The Hall–Kier alpha value is -0.560. The monoisotopic (exact) mass is 210 g/mol. The Morgan fingerprint density at radius 3 is 2.53 bits per heavy atom. The fraction of sp³-hybridized carbons (Fsp3) is 0.833. The minimum Gasteiger partial charge on any atom is -0.379 e. The largest absolute Gasteiger partial charge is 0.379 e. The van der Waals surface area contributed by atoms with E-state index in [1.54, 1.807) is 0 Å². The normalized spacial score (nSPS) is 24.1. The van der Waals surface area contributed by atoms with Gasteiger partial charge in [0.1, 0.15) is 0 Å². The summed E-state index contributed by atoms with van der Waals surface area (Å²) in [6, 6.07) is 0.0978. The van der Waals surface area contributed by atoms with E-state index in [0.29, 0.717) is 0 Å². The summed E-state index contributed by atoms with van der Waals surface area (Å²) < 4.78 is 5.37. The zero-order valence-corrected chi connectivity index (χ0v) is 10.0. The van der Waals surface area contributed by atoms with E-state index >= 15 is 0 Å². The molecule has 0 amide bonds. The highest BCUT2D eigenvalue weighted by molar-refractivity contribution is 5.11. The Kier molecular flexibility index (Phi) is 4.59. The van der Waals surface area contributed by atoms with Gasteiger partial charge in [-0.1, -0.05) is 12.8 Å². The van der Waals surface area contributed by atoms with Crippen molar-refractivity contribution in [1.29, 1.82) is 0 Å². The predicted molar refractivity (Wildman–Crippen MR) is 62.8 cm³/mol. The summed E-state index contributed by atoms with van der Waals surface area (Å²) in [5.74, 6) is 2.85. The lowest BCUT2D eigenvalue weighted by Crippen LogP contribution is -2.60. The summed E-state index contributed by atoms with van der Waals surface area (Å²) in [7, 11) is 1.93. The van der Waals surface area contributed by atoms with Gasteiger partial charge in [-0.25, -0.2) is 0 Å². The number of ether oxygens (including phenoxy) is 1. The number of terminal acetylenes is 1. The van der Waals surface area contributed by atoms with Crippen LogP contribution in [-0.2, 0) is 4.74 Å². The molecule has 1 fully saturated rings. The molecule has 2 atom stereocenters. The van der Waals surface area contributed by atoms with Crippen LogP contribution in [0.1, 0.15) is 20.3 Å². The smallest absolute Gasteiger partial charge is 0.0868 e. The highest BCUT2D eigenvalue weighted by Gasteiger charge is 2.37. The van der Waals surface area contributed by atoms with E-state index in [0.717, 1.165) is 32.7 Å². The van der Waals surface area contributed by atoms with Crippen molar-refractivity contribution in [1.82, 2.24) is 10.2 Å². The molecule has 1 aliphatic rings. The summed E-state index contributed by atoms with van der Waals surface area (Å²) in [6.07, 6.45) is 6.63. The number of likely N-dealkylation sites (N-methyl/N-ethyl adjacent to an activating group) is 1. The van der Waals surface area contributed by atoms with Gasteiger partial charge in [-0.3, -0.25) is 4.90 Å². The molecule has 0 spiro atoms. The molecule has 3 heteroatoms. The second kappa shape index (κ2) is 5.50.